The van der Waals surface area contributed by atoms with Crippen LogP contribution in [0.5, 0.6) is 0 Å². The molecule has 0 bridgehead atoms. The van der Waals surface area contributed by atoms with E-state index >= 15 is 0 Å². The molecule has 3 heterocycles. The average molecular weight is 400 g/mol. The van der Waals surface area contributed by atoms with Gasteiger partial charge in [-0.1, -0.05) is 54.2 Å². The summed E-state index contributed by atoms with van der Waals surface area (Å²) in [4.78, 5) is 29.1. The highest BCUT2D eigenvalue weighted by molar-refractivity contribution is 7.98. The Balaban J connectivity index is 1.53. The fourth-order valence-electron chi connectivity index (χ4n) is 3.12. The number of nitrogens with one attached hydrogen (secondary N) is 1. The Kier molecular flexibility index (Phi) is 4.33. The van der Waals surface area contributed by atoms with Gasteiger partial charge < -0.3 is 0 Å². The SMILES string of the molecule is Cc1nc2ccccc2nc1-c1cc2nc(SCc3ccccc3)[nH]c(=O)n2n1. The molecule has 8 heteroatoms. The van der Waals surface area contributed by atoms with Gasteiger partial charge in [-0.15, -0.1) is 0 Å². The van der Waals surface area contributed by atoms with Crippen molar-refractivity contribution in [3.8, 4) is 11.4 Å². The molecule has 5 rings (SSSR count). The van der Waals surface area contributed by atoms with Crippen LogP contribution in [0.2, 0.25) is 0 Å². The lowest BCUT2D eigenvalue weighted by molar-refractivity contribution is 0.787. The van der Waals surface area contributed by atoms with E-state index in [4.69, 9.17) is 0 Å². The number of H-pyrrole nitrogens is 1. The van der Waals surface area contributed by atoms with E-state index in [0.29, 0.717) is 22.2 Å². The molecule has 5 aromatic rings. The van der Waals surface area contributed by atoms with Crippen molar-refractivity contribution in [3.63, 3.8) is 0 Å². The third kappa shape index (κ3) is 3.38. The highest BCUT2D eigenvalue weighted by atomic mass is 32.2. The first-order chi connectivity index (χ1) is 14.2. The van der Waals surface area contributed by atoms with Gasteiger partial charge in [0, 0.05) is 11.8 Å². The second kappa shape index (κ2) is 7.14. The number of hydrogen-bond donors (Lipinski definition) is 1. The van der Waals surface area contributed by atoms with Crippen molar-refractivity contribution >= 4 is 28.4 Å². The normalized spacial score (nSPS) is 11.3. The lowest BCUT2D eigenvalue weighted by Gasteiger charge is -2.03. The summed E-state index contributed by atoms with van der Waals surface area (Å²) in [7, 11) is 0. The van der Waals surface area contributed by atoms with Gasteiger partial charge in [0.1, 0.15) is 11.4 Å². The highest BCUT2D eigenvalue weighted by Gasteiger charge is 2.14. The van der Waals surface area contributed by atoms with Crippen molar-refractivity contribution in [2.75, 3.05) is 0 Å². The van der Waals surface area contributed by atoms with Gasteiger partial charge >= 0.3 is 5.69 Å². The number of para-hydroxylation sites is 2. The van der Waals surface area contributed by atoms with Crippen LogP contribution in [0.25, 0.3) is 28.1 Å². The zero-order valence-corrected chi connectivity index (χ0v) is 16.3. The van der Waals surface area contributed by atoms with Gasteiger partial charge in [0.2, 0.25) is 0 Å². The molecule has 0 amide bonds. The molecule has 0 aliphatic heterocycles. The first-order valence-electron chi connectivity index (χ1n) is 9.08. The van der Waals surface area contributed by atoms with Crippen LogP contribution in [0, 0.1) is 6.92 Å². The topological polar surface area (TPSA) is 88.8 Å². The first-order valence-corrected chi connectivity index (χ1v) is 10.1. The van der Waals surface area contributed by atoms with Gasteiger partial charge in [-0.2, -0.15) is 9.61 Å². The van der Waals surface area contributed by atoms with E-state index in [2.05, 4.69) is 25.0 Å². The predicted molar refractivity (Wildman–Crippen MR) is 113 cm³/mol. The standard InChI is InChI=1S/C21H16N6OS/c1-13-19(23-16-10-6-5-9-15(16)22-13)17-11-18-24-20(25-21(28)27(18)26-17)29-12-14-7-3-2-4-8-14/h2-11H,12H2,1H3,(H,24,25,28). The largest absolute Gasteiger partial charge is 0.350 e. The number of thioether (sulfide) groups is 1. The molecule has 2 aromatic carbocycles. The monoisotopic (exact) mass is 400 g/mol. The molecule has 142 valence electrons. The Morgan fingerprint density at radius 3 is 2.48 bits per heavy atom. The molecule has 0 saturated heterocycles. The highest BCUT2D eigenvalue weighted by Crippen LogP contribution is 2.23. The Labute approximate surface area is 169 Å². The minimum atomic E-state index is -0.330. The maximum absolute atomic E-state index is 12.5. The number of aromatic nitrogens is 6. The second-order valence-corrected chi connectivity index (χ2v) is 7.53. The van der Waals surface area contributed by atoms with Crippen LogP contribution in [0.3, 0.4) is 0 Å². The van der Waals surface area contributed by atoms with E-state index in [1.807, 2.05) is 61.5 Å². The summed E-state index contributed by atoms with van der Waals surface area (Å²) >= 11 is 1.48. The molecule has 0 radical (unpaired) electrons. The van der Waals surface area contributed by atoms with E-state index < -0.39 is 0 Å². The van der Waals surface area contributed by atoms with Crippen molar-refractivity contribution < 1.29 is 0 Å². The minimum Gasteiger partial charge on any atom is -0.285 e. The lowest BCUT2D eigenvalue weighted by Crippen LogP contribution is -2.19. The van der Waals surface area contributed by atoms with Crippen LogP contribution in [0.4, 0.5) is 0 Å². The molecular formula is C21H16N6OS. The molecule has 0 unspecified atom stereocenters. The van der Waals surface area contributed by atoms with Crippen LogP contribution in [-0.4, -0.2) is 29.5 Å². The van der Waals surface area contributed by atoms with Gasteiger partial charge in [0.05, 0.1) is 16.7 Å². The van der Waals surface area contributed by atoms with Crippen molar-refractivity contribution in [1.29, 1.82) is 0 Å². The molecule has 29 heavy (non-hydrogen) atoms. The third-order valence-corrected chi connectivity index (χ3v) is 5.46. The number of benzene rings is 2. The first kappa shape index (κ1) is 17.6. The van der Waals surface area contributed by atoms with E-state index in [0.717, 1.165) is 28.0 Å². The smallest absolute Gasteiger partial charge is 0.285 e. The summed E-state index contributed by atoms with van der Waals surface area (Å²) in [6.07, 6.45) is 0. The number of aryl methyl sites for hydroxylation is 1. The minimum absolute atomic E-state index is 0.330. The fourth-order valence-corrected chi connectivity index (χ4v) is 3.93. The second-order valence-electron chi connectivity index (χ2n) is 6.57. The predicted octanol–water partition coefficient (Wildman–Crippen LogP) is 3.63. The van der Waals surface area contributed by atoms with Crippen molar-refractivity contribution in [3.05, 3.63) is 82.4 Å². The summed E-state index contributed by atoms with van der Waals surface area (Å²) in [5, 5.41) is 4.96. The van der Waals surface area contributed by atoms with Crippen LogP contribution in [0.15, 0.2) is 70.6 Å². The van der Waals surface area contributed by atoms with E-state index in [-0.39, 0.29) is 5.69 Å². The van der Waals surface area contributed by atoms with Crippen molar-refractivity contribution in [1.82, 2.24) is 29.5 Å². The van der Waals surface area contributed by atoms with E-state index in [1.54, 1.807) is 6.07 Å². The van der Waals surface area contributed by atoms with E-state index in [9.17, 15) is 4.79 Å². The average Bonchev–Trinajstić information content (AvgIpc) is 3.17. The summed E-state index contributed by atoms with van der Waals surface area (Å²) in [5.41, 5.74) is 4.89. The zero-order valence-electron chi connectivity index (χ0n) is 15.5. The van der Waals surface area contributed by atoms with Crippen LogP contribution in [0.1, 0.15) is 11.3 Å². The zero-order chi connectivity index (χ0) is 19.8. The number of nitrogens with zero attached hydrogens (tertiary/aromatic N) is 5. The van der Waals surface area contributed by atoms with Crippen LogP contribution in [-0.2, 0) is 5.75 Å². The van der Waals surface area contributed by atoms with Gasteiger partial charge in [0.15, 0.2) is 10.8 Å². The molecule has 0 aliphatic rings. The molecule has 0 atom stereocenters. The Morgan fingerprint density at radius 1 is 0.966 bits per heavy atom. The van der Waals surface area contributed by atoms with E-state index in [1.165, 1.54) is 16.3 Å². The van der Waals surface area contributed by atoms with Crippen molar-refractivity contribution in [2.45, 2.75) is 17.8 Å². The Hall–Kier alpha value is -3.52. The molecule has 0 spiro atoms. The molecular weight excluding hydrogens is 384 g/mol. The Morgan fingerprint density at radius 2 is 1.69 bits per heavy atom. The molecule has 7 nitrogen and oxygen atoms in total. The Bertz CT molecular complexity index is 1390. The molecule has 0 fully saturated rings. The van der Waals surface area contributed by atoms with Gasteiger partial charge in [-0.25, -0.2) is 19.7 Å². The van der Waals surface area contributed by atoms with Crippen molar-refractivity contribution in [2.24, 2.45) is 0 Å². The molecule has 0 saturated carbocycles. The maximum Gasteiger partial charge on any atom is 0.350 e. The van der Waals surface area contributed by atoms with Crippen LogP contribution < -0.4 is 5.69 Å². The number of fused-ring (bicyclic) bond motifs is 2. The van der Waals surface area contributed by atoms with Gasteiger partial charge in [-0.3, -0.25) is 4.98 Å². The number of aromatic amines is 1. The number of rotatable bonds is 4. The van der Waals surface area contributed by atoms with Crippen LogP contribution >= 0.6 is 11.8 Å². The lowest BCUT2D eigenvalue weighted by atomic mass is 10.2. The quantitative estimate of drug-likeness (QED) is 0.464. The molecule has 0 aliphatic carbocycles. The third-order valence-electron chi connectivity index (χ3n) is 4.52. The van der Waals surface area contributed by atoms with Gasteiger partial charge in [0.25, 0.3) is 0 Å². The number of hydrogen-bond acceptors (Lipinski definition) is 6. The van der Waals surface area contributed by atoms with Gasteiger partial charge in [-0.05, 0) is 24.6 Å². The summed E-state index contributed by atoms with van der Waals surface area (Å²) < 4.78 is 1.26. The molecule has 3 aromatic heterocycles. The summed E-state index contributed by atoms with van der Waals surface area (Å²) in [6, 6.07) is 19.5. The summed E-state index contributed by atoms with van der Waals surface area (Å²) in [5.74, 6) is 0.718. The maximum atomic E-state index is 12.5. The molecule has 1 N–H and O–H groups in total. The summed E-state index contributed by atoms with van der Waals surface area (Å²) in [6.45, 7) is 1.89. The fraction of sp³-hybridized carbons (Fsp3) is 0.0952.